The first kappa shape index (κ1) is 21.4. The van der Waals surface area contributed by atoms with E-state index in [-0.39, 0.29) is 11.8 Å². The van der Waals surface area contributed by atoms with Gasteiger partial charge in [-0.25, -0.2) is 4.98 Å². The first-order chi connectivity index (χ1) is 18.2. The summed E-state index contributed by atoms with van der Waals surface area (Å²) in [6, 6.07) is 16.3. The lowest BCUT2D eigenvalue weighted by atomic mass is 9.85. The molecule has 1 saturated carbocycles. The molecule has 37 heavy (non-hydrogen) atoms. The molecule has 5 aromatic heterocycles. The summed E-state index contributed by atoms with van der Waals surface area (Å²) in [4.78, 5) is 29.2. The number of fused-ring (bicyclic) bond motifs is 2. The summed E-state index contributed by atoms with van der Waals surface area (Å²) in [5, 5.41) is 12.6. The molecule has 0 radical (unpaired) electrons. The number of anilines is 1. The van der Waals surface area contributed by atoms with E-state index in [0.29, 0.717) is 11.3 Å². The van der Waals surface area contributed by atoms with Crippen molar-refractivity contribution in [2.75, 3.05) is 5.32 Å². The summed E-state index contributed by atoms with van der Waals surface area (Å²) in [5.74, 6) is 0.186. The summed E-state index contributed by atoms with van der Waals surface area (Å²) >= 11 is 0. The molecule has 6 aromatic rings. The fourth-order valence-corrected chi connectivity index (χ4v) is 4.91. The number of rotatable bonds is 5. The van der Waals surface area contributed by atoms with E-state index >= 15 is 0 Å². The summed E-state index contributed by atoms with van der Waals surface area (Å²) in [6.45, 7) is 0. The van der Waals surface area contributed by atoms with Crippen LogP contribution in [0, 0.1) is 5.92 Å². The molecule has 0 aliphatic heterocycles. The maximum Gasteiger partial charge on any atom is 0.227 e. The number of hydrogen-bond acceptors (Lipinski definition) is 5. The van der Waals surface area contributed by atoms with Gasteiger partial charge >= 0.3 is 0 Å². The fraction of sp³-hybridized carbons (Fsp3) is 0.138. The maximum absolute atomic E-state index is 12.4. The van der Waals surface area contributed by atoms with Gasteiger partial charge in [0.15, 0.2) is 5.65 Å². The average Bonchev–Trinajstić information content (AvgIpc) is 3.52. The fourth-order valence-electron chi connectivity index (χ4n) is 4.91. The van der Waals surface area contributed by atoms with Crippen LogP contribution >= 0.6 is 0 Å². The van der Waals surface area contributed by atoms with Crippen molar-refractivity contribution in [1.29, 1.82) is 0 Å². The lowest BCUT2D eigenvalue weighted by Gasteiger charge is -2.24. The van der Waals surface area contributed by atoms with E-state index in [1.165, 1.54) is 0 Å². The minimum Gasteiger partial charge on any atom is -0.353 e. The zero-order valence-electron chi connectivity index (χ0n) is 19.9. The predicted molar refractivity (Wildman–Crippen MR) is 144 cm³/mol. The molecule has 1 fully saturated rings. The highest BCUT2D eigenvalue weighted by Crippen LogP contribution is 2.35. The van der Waals surface area contributed by atoms with Gasteiger partial charge in [0.1, 0.15) is 0 Å². The minimum atomic E-state index is 0.0698. The SMILES string of the molecule is O=C(Nc1cncc(-c2cnc3n[nH]c(-c4cc5c(-c6cccnc6)cccc5[nH]4)c3c2)c1)C1CCC1. The normalized spacial score (nSPS) is 13.6. The van der Waals surface area contributed by atoms with E-state index in [1.807, 2.05) is 24.4 Å². The van der Waals surface area contributed by atoms with Crippen LogP contribution in [0.4, 0.5) is 5.69 Å². The highest BCUT2D eigenvalue weighted by atomic mass is 16.1. The molecule has 0 unspecified atom stereocenters. The van der Waals surface area contributed by atoms with Crippen molar-refractivity contribution in [2.24, 2.45) is 5.92 Å². The Morgan fingerprint density at radius 3 is 2.62 bits per heavy atom. The first-order valence-corrected chi connectivity index (χ1v) is 12.4. The van der Waals surface area contributed by atoms with Gasteiger partial charge in [0.2, 0.25) is 5.91 Å². The Hall–Kier alpha value is -4.85. The molecule has 7 rings (SSSR count). The molecule has 8 nitrogen and oxygen atoms in total. The Morgan fingerprint density at radius 2 is 1.78 bits per heavy atom. The van der Waals surface area contributed by atoms with Gasteiger partial charge in [0, 0.05) is 63.7 Å². The van der Waals surface area contributed by atoms with Gasteiger partial charge in [-0.1, -0.05) is 24.6 Å². The van der Waals surface area contributed by atoms with E-state index in [1.54, 1.807) is 24.8 Å². The van der Waals surface area contributed by atoms with Crippen LogP contribution in [0.3, 0.4) is 0 Å². The zero-order valence-corrected chi connectivity index (χ0v) is 19.9. The van der Waals surface area contributed by atoms with Crippen molar-refractivity contribution in [2.45, 2.75) is 19.3 Å². The molecule has 8 heteroatoms. The van der Waals surface area contributed by atoms with Crippen molar-refractivity contribution < 1.29 is 4.79 Å². The quantitative estimate of drug-likeness (QED) is 0.279. The largest absolute Gasteiger partial charge is 0.353 e. The van der Waals surface area contributed by atoms with E-state index < -0.39 is 0 Å². The summed E-state index contributed by atoms with van der Waals surface area (Å²) < 4.78 is 0. The number of pyridine rings is 3. The third-order valence-corrected chi connectivity index (χ3v) is 7.13. The van der Waals surface area contributed by atoms with E-state index in [4.69, 9.17) is 0 Å². The van der Waals surface area contributed by atoms with Gasteiger partial charge in [0.05, 0.1) is 23.3 Å². The Bertz CT molecular complexity index is 1770. The lowest BCUT2D eigenvalue weighted by molar-refractivity contribution is -0.122. The minimum absolute atomic E-state index is 0.0698. The monoisotopic (exact) mass is 485 g/mol. The van der Waals surface area contributed by atoms with Gasteiger partial charge in [0.25, 0.3) is 0 Å². The van der Waals surface area contributed by atoms with Gasteiger partial charge in [-0.05, 0) is 48.7 Å². The Kier molecular flexibility index (Phi) is 5.02. The molecule has 1 amide bonds. The van der Waals surface area contributed by atoms with Crippen molar-refractivity contribution in [3.8, 4) is 33.6 Å². The number of H-pyrrole nitrogens is 2. The summed E-state index contributed by atoms with van der Waals surface area (Å²) in [6.07, 6.45) is 11.9. The average molecular weight is 486 g/mol. The topological polar surface area (TPSA) is 112 Å². The first-order valence-electron chi connectivity index (χ1n) is 12.4. The molecule has 3 N–H and O–H groups in total. The zero-order chi connectivity index (χ0) is 24.8. The number of nitrogens with zero attached hydrogens (tertiary/aromatic N) is 4. The van der Waals surface area contributed by atoms with Gasteiger partial charge in [-0.2, -0.15) is 5.10 Å². The van der Waals surface area contributed by atoms with Gasteiger partial charge in [-0.3, -0.25) is 19.9 Å². The van der Waals surface area contributed by atoms with Crippen LogP contribution < -0.4 is 5.32 Å². The standard InChI is InChI=1S/C29H23N7O/c37-29(17-4-1-5-17)33-21-10-19(14-31-16-21)20-11-24-27(35-36-28(24)32-15-20)26-12-23-22(7-2-8-25(23)34-26)18-6-3-9-30-13-18/h2-3,6-17,34H,1,4-5H2,(H,33,37)(H,32,35,36). The number of nitrogens with one attached hydrogen (secondary N) is 3. The number of amides is 1. The van der Waals surface area contributed by atoms with Gasteiger partial charge < -0.3 is 10.3 Å². The molecule has 0 bridgehead atoms. The third kappa shape index (κ3) is 3.83. The van der Waals surface area contributed by atoms with Gasteiger partial charge in [-0.15, -0.1) is 0 Å². The molecular weight excluding hydrogens is 462 g/mol. The summed E-state index contributed by atoms with van der Waals surface area (Å²) in [5.41, 5.74) is 8.09. The molecule has 0 atom stereocenters. The number of hydrogen-bond donors (Lipinski definition) is 3. The highest BCUT2D eigenvalue weighted by Gasteiger charge is 2.25. The van der Waals surface area contributed by atoms with E-state index in [9.17, 15) is 4.79 Å². The van der Waals surface area contributed by atoms with Crippen molar-refractivity contribution in [3.63, 3.8) is 0 Å². The second-order valence-electron chi connectivity index (χ2n) is 9.46. The predicted octanol–water partition coefficient (Wildman–Crippen LogP) is 5.97. The van der Waals surface area contributed by atoms with Crippen LogP contribution in [0.15, 0.2) is 79.5 Å². The van der Waals surface area contributed by atoms with Crippen molar-refractivity contribution in [1.82, 2.24) is 30.1 Å². The van der Waals surface area contributed by atoms with Crippen molar-refractivity contribution in [3.05, 3.63) is 79.5 Å². The highest BCUT2D eigenvalue weighted by molar-refractivity contribution is 6.01. The third-order valence-electron chi connectivity index (χ3n) is 7.13. The summed E-state index contributed by atoms with van der Waals surface area (Å²) in [7, 11) is 0. The smallest absolute Gasteiger partial charge is 0.227 e. The number of carbonyl (C=O) groups is 1. The van der Waals surface area contributed by atoms with Crippen LogP contribution in [0.5, 0.6) is 0 Å². The lowest BCUT2D eigenvalue weighted by Crippen LogP contribution is -2.28. The van der Waals surface area contributed by atoms with E-state index in [2.05, 4.69) is 65.8 Å². The molecule has 180 valence electrons. The van der Waals surface area contributed by atoms with Crippen LogP contribution in [-0.4, -0.2) is 36.0 Å². The van der Waals surface area contributed by atoms with E-state index in [0.717, 1.165) is 69.2 Å². The number of aromatic amines is 2. The number of benzene rings is 1. The Morgan fingerprint density at radius 1 is 0.892 bits per heavy atom. The second kappa shape index (κ2) is 8.67. The Balaban J connectivity index is 1.26. The second-order valence-corrected chi connectivity index (χ2v) is 9.46. The molecule has 0 saturated heterocycles. The molecule has 1 aliphatic rings. The molecule has 1 aliphatic carbocycles. The van der Waals surface area contributed by atoms with Crippen molar-refractivity contribution >= 4 is 33.5 Å². The van der Waals surface area contributed by atoms with Crippen LogP contribution in [0.2, 0.25) is 0 Å². The molecule has 0 spiro atoms. The van der Waals surface area contributed by atoms with Crippen LogP contribution in [0.25, 0.3) is 55.6 Å². The Labute approximate surface area is 212 Å². The van der Waals surface area contributed by atoms with Crippen LogP contribution in [-0.2, 0) is 4.79 Å². The molecular formula is C29H23N7O. The molecule has 5 heterocycles. The van der Waals surface area contributed by atoms with Crippen LogP contribution in [0.1, 0.15) is 19.3 Å². The number of carbonyl (C=O) groups excluding carboxylic acids is 1. The number of aromatic nitrogens is 6. The molecule has 1 aromatic carbocycles. The maximum atomic E-state index is 12.4.